The van der Waals surface area contributed by atoms with Gasteiger partial charge >= 0.3 is 0 Å². The lowest BCUT2D eigenvalue weighted by molar-refractivity contribution is -0.112. The topological polar surface area (TPSA) is 75.7 Å². The fraction of sp³-hybridized carbons (Fsp3) is 0.115. The van der Waals surface area contributed by atoms with E-state index >= 15 is 0 Å². The van der Waals surface area contributed by atoms with Crippen LogP contribution in [-0.4, -0.2) is 27.5 Å². The Morgan fingerprint density at radius 3 is 2.50 bits per heavy atom. The van der Waals surface area contributed by atoms with Gasteiger partial charge in [-0.05, 0) is 42.8 Å². The zero-order valence-corrected chi connectivity index (χ0v) is 20.1. The number of carbonyl (C=O) groups excluding carboxylic acids is 1. The normalized spacial score (nSPS) is 14.4. The second-order valence-electron chi connectivity index (χ2n) is 7.44. The van der Waals surface area contributed by atoms with Gasteiger partial charge in [-0.25, -0.2) is 8.42 Å². The van der Waals surface area contributed by atoms with Crippen LogP contribution in [0.5, 0.6) is 5.75 Å². The first-order valence-corrected chi connectivity index (χ1v) is 12.5. The molecule has 1 aliphatic heterocycles. The summed E-state index contributed by atoms with van der Waals surface area (Å²) in [6.07, 6.45) is 1.48. The first-order valence-electron chi connectivity index (χ1n) is 10.6. The van der Waals surface area contributed by atoms with E-state index in [1.165, 1.54) is 10.4 Å². The number of nitrogens with zero attached hydrogens (tertiary/aromatic N) is 1. The van der Waals surface area contributed by atoms with Crippen LogP contribution in [0, 0.1) is 0 Å². The van der Waals surface area contributed by atoms with Crippen molar-refractivity contribution in [1.29, 1.82) is 0 Å². The Bertz CT molecular complexity index is 1380. The number of fused-ring (bicyclic) bond motifs is 1. The van der Waals surface area contributed by atoms with Gasteiger partial charge in [-0.1, -0.05) is 60.1 Å². The second-order valence-corrected chi connectivity index (χ2v) is 9.68. The van der Waals surface area contributed by atoms with Crippen LogP contribution in [-0.2, 0) is 14.8 Å². The molecule has 0 saturated carbocycles. The second kappa shape index (κ2) is 9.75. The number of benzene rings is 3. The number of nitrogens with one attached hydrogen (secondary N) is 1. The highest BCUT2D eigenvalue weighted by Gasteiger charge is 2.41. The Morgan fingerprint density at radius 1 is 1.09 bits per heavy atom. The first-order chi connectivity index (χ1) is 16.4. The number of carbonyl (C=O) groups is 1. The van der Waals surface area contributed by atoms with Crippen molar-refractivity contribution in [1.82, 2.24) is 0 Å². The third kappa shape index (κ3) is 4.32. The van der Waals surface area contributed by atoms with Crippen LogP contribution in [0.1, 0.15) is 18.1 Å². The van der Waals surface area contributed by atoms with E-state index in [4.69, 9.17) is 16.3 Å². The molecule has 0 unspecified atom stereocenters. The summed E-state index contributed by atoms with van der Waals surface area (Å²) >= 11 is 6.31. The maximum Gasteiger partial charge on any atom is 0.270 e. The highest BCUT2D eigenvalue weighted by molar-refractivity contribution is 7.97. The van der Waals surface area contributed by atoms with Crippen molar-refractivity contribution in [2.45, 2.75) is 6.92 Å². The van der Waals surface area contributed by atoms with E-state index in [0.717, 1.165) is 0 Å². The molecule has 4 rings (SSSR count). The van der Waals surface area contributed by atoms with E-state index in [-0.39, 0.29) is 17.0 Å². The smallest absolute Gasteiger partial charge is 0.270 e. The molecule has 1 amide bonds. The Labute approximate surface area is 204 Å². The molecule has 1 aliphatic rings. The number of hydrogen-bond acceptors (Lipinski definition) is 4. The van der Waals surface area contributed by atoms with Crippen molar-refractivity contribution in [3.63, 3.8) is 0 Å². The molecule has 0 radical (unpaired) electrons. The molecule has 0 saturated heterocycles. The molecule has 34 heavy (non-hydrogen) atoms. The van der Waals surface area contributed by atoms with Crippen LogP contribution in [0.15, 0.2) is 90.4 Å². The number of hydrogen-bond donors (Lipinski definition) is 1. The van der Waals surface area contributed by atoms with Crippen molar-refractivity contribution >= 4 is 44.5 Å². The van der Waals surface area contributed by atoms with Crippen molar-refractivity contribution in [2.24, 2.45) is 0 Å². The summed E-state index contributed by atoms with van der Waals surface area (Å²) in [5, 5.41) is 3.16. The summed E-state index contributed by atoms with van der Waals surface area (Å²) in [5.74, 6) is -0.328. The minimum absolute atomic E-state index is 0.00858. The molecule has 8 heteroatoms. The van der Waals surface area contributed by atoms with E-state index in [9.17, 15) is 13.2 Å². The molecular weight excluding hydrogens is 472 g/mol. The fourth-order valence-electron chi connectivity index (χ4n) is 3.88. The predicted octanol–water partition coefficient (Wildman–Crippen LogP) is 5.47. The van der Waals surface area contributed by atoms with Gasteiger partial charge in [0.1, 0.15) is 5.75 Å². The molecule has 1 N–H and O–H groups in total. The molecule has 0 aliphatic carbocycles. The van der Waals surface area contributed by atoms with Crippen molar-refractivity contribution in [3.05, 3.63) is 107 Å². The van der Waals surface area contributed by atoms with Crippen LogP contribution in [0.3, 0.4) is 0 Å². The van der Waals surface area contributed by atoms with Gasteiger partial charge in [-0.3, -0.25) is 9.10 Å². The van der Waals surface area contributed by atoms with Gasteiger partial charge in [0.15, 0.2) is 4.91 Å². The third-order valence-corrected chi connectivity index (χ3v) is 7.34. The van der Waals surface area contributed by atoms with Crippen LogP contribution in [0.2, 0.25) is 5.02 Å². The Morgan fingerprint density at radius 2 is 1.79 bits per heavy atom. The van der Waals surface area contributed by atoms with Gasteiger partial charge in [0.25, 0.3) is 15.9 Å². The molecule has 1 heterocycles. The minimum atomic E-state index is -4.25. The zero-order chi connectivity index (χ0) is 24.3. The van der Waals surface area contributed by atoms with Crippen LogP contribution >= 0.6 is 11.6 Å². The number of para-hydroxylation sites is 2. The Kier molecular flexibility index (Phi) is 6.77. The summed E-state index contributed by atoms with van der Waals surface area (Å²) in [4.78, 5) is 13.3. The van der Waals surface area contributed by atoms with Gasteiger partial charge in [0.2, 0.25) is 0 Å². The quantitative estimate of drug-likeness (QED) is 0.442. The van der Waals surface area contributed by atoms with E-state index in [1.807, 2.05) is 13.0 Å². The van der Waals surface area contributed by atoms with Crippen molar-refractivity contribution in [3.8, 4) is 5.75 Å². The molecular formula is C26H23ClN2O4S. The van der Waals surface area contributed by atoms with E-state index in [1.54, 1.807) is 66.7 Å². The number of rotatable bonds is 7. The zero-order valence-electron chi connectivity index (χ0n) is 18.5. The number of anilines is 2. The summed E-state index contributed by atoms with van der Waals surface area (Å²) in [6.45, 7) is 5.90. The summed E-state index contributed by atoms with van der Waals surface area (Å²) < 4.78 is 34.5. The molecule has 0 spiro atoms. The number of ether oxygens (including phenoxy) is 1. The van der Waals surface area contributed by atoms with Crippen molar-refractivity contribution < 1.29 is 17.9 Å². The lowest BCUT2D eigenvalue weighted by atomic mass is 9.95. The number of halogens is 1. The third-order valence-electron chi connectivity index (χ3n) is 5.27. The molecule has 0 bridgehead atoms. The molecule has 3 aromatic carbocycles. The van der Waals surface area contributed by atoms with Crippen LogP contribution < -0.4 is 14.4 Å². The van der Waals surface area contributed by atoms with Gasteiger partial charge in [0, 0.05) is 16.2 Å². The molecule has 3 aromatic rings. The lowest BCUT2D eigenvalue weighted by Crippen LogP contribution is -2.39. The van der Waals surface area contributed by atoms with Gasteiger partial charge < -0.3 is 10.1 Å². The highest BCUT2D eigenvalue weighted by atomic mass is 35.5. The number of sulfonamides is 1. The summed E-state index contributed by atoms with van der Waals surface area (Å²) in [6, 6.07) is 20.7. The molecule has 6 nitrogen and oxygen atoms in total. The molecule has 174 valence electrons. The minimum Gasteiger partial charge on any atom is -0.492 e. The van der Waals surface area contributed by atoms with Gasteiger partial charge in [0.05, 0.1) is 24.5 Å². The Balaban J connectivity index is 1.98. The fourth-order valence-corrected chi connectivity index (χ4v) is 5.77. The van der Waals surface area contributed by atoms with Crippen LogP contribution in [0.25, 0.3) is 5.57 Å². The maximum absolute atomic E-state index is 13.9. The van der Waals surface area contributed by atoms with E-state index in [2.05, 4.69) is 11.9 Å². The van der Waals surface area contributed by atoms with E-state index < -0.39 is 15.9 Å². The van der Waals surface area contributed by atoms with Crippen molar-refractivity contribution in [2.75, 3.05) is 22.8 Å². The predicted molar refractivity (Wildman–Crippen MR) is 137 cm³/mol. The van der Waals surface area contributed by atoms with Crippen LogP contribution in [0.4, 0.5) is 11.4 Å². The largest absolute Gasteiger partial charge is 0.492 e. The SMILES string of the molecule is C=CCN1c2ccc(Cl)cc2C(c2ccccc2)=C(C(=O)Nc2ccccc2OCC)S1(=O)=O. The molecule has 0 atom stereocenters. The maximum atomic E-state index is 13.9. The standard InChI is InChI=1S/C26H23ClN2O4S/c1-3-16-29-22-15-14-19(27)17-20(22)24(18-10-6-5-7-11-18)25(34(29,31)32)26(30)28-21-12-8-9-13-23(21)33-4-2/h3,5-15,17H,1,4,16H2,2H3,(H,28,30). The number of amides is 1. The monoisotopic (exact) mass is 494 g/mol. The average Bonchev–Trinajstić information content (AvgIpc) is 2.82. The molecule has 0 aromatic heterocycles. The average molecular weight is 495 g/mol. The first kappa shape index (κ1) is 23.6. The highest BCUT2D eigenvalue weighted by Crippen LogP contribution is 2.44. The van der Waals surface area contributed by atoms with E-state index in [0.29, 0.717) is 39.9 Å². The van der Waals surface area contributed by atoms with Gasteiger partial charge in [-0.2, -0.15) is 0 Å². The molecule has 0 fully saturated rings. The summed E-state index contributed by atoms with van der Waals surface area (Å²) in [5.41, 5.74) is 2.20. The Hall–Kier alpha value is -3.55. The van der Waals surface area contributed by atoms with Gasteiger partial charge in [-0.15, -0.1) is 6.58 Å². The lowest BCUT2D eigenvalue weighted by Gasteiger charge is -2.33. The summed E-state index contributed by atoms with van der Waals surface area (Å²) in [7, 11) is -4.25.